The normalized spacial score (nSPS) is 20.5. The van der Waals surface area contributed by atoms with Crippen LogP contribution in [0.1, 0.15) is 40.3 Å². The van der Waals surface area contributed by atoms with E-state index >= 15 is 0 Å². The molecule has 0 spiro atoms. The summed E-state index contributed by atoms with van der Waals surface area (Å²) in [5, 5.41) is 3.69. The first-order valence-corrected chi connectivity index (χ1v) is 7.82. The maximum absolute atomic E-state index is 3.69. The lowest BCUT2D eigenvalue weighted by molar-refractivity contribution is 0.502. The molecule has 0 radical (unpaired) electrons. The Morgan fingerprint density at radius 1 is 0.900 bits per heavy atom. The Labute approximate surface area is 121 Å². The molecule has 102 valence electrons. The highest BCUT2D eigenvalue weighted by Gasteiger charge is 2.20. The molecule has 0 fully saturated rings. The largest absolute Gasteiger partial charge is 0.309 e. The predicted octanol–water partition coefficient (Wildman–Crippen LogP) is 3.60. The number of hydrogen-bond donors (Lipinski definition) is 1. The summed E-state index contributed by atoms with van der Waals surface area (Å²) in [6.45, 7) is 1.10. The molecule has 4 rings (SSSR count). The van der Waals surface area contributed by atoms with Gasteiger partial charge >= 0.3 is 0 Å². The molecule has 1 aliphatic carbocycles. The van der Waals surface area contributed by atoms with E-state index in [0.29, 0.717) is 6.04 Å². The Kier molecular flexibility index (Phi) is 3.08. The fraction of sp³-hybridized carbons (Fsp3) is 0.368. The molecule has 0 amide bonds. The van der Waals surface area contributed by atoms with E-state index in [1.807, 2.05) is 0 Å². The Bertz CT molecular complexity index is 629. The van der Waals surface area contributed by atoms with Gasteiger partial charge in [0.2, 0.25) is 0 Å². The molecule has 2 aromatic rings. The predicted molar refractivity (Wildman–Crippen MR) is 83.1 cm³/mol. The summed E-state index contributed by atoms with van der Waals surface area (Å²) >= 11 is 0. The molecule has 2 aromatic carbocycles. The van der Waals surface area contributed by atoms with E-state index in [2.05, 4.69) is 47.8 Å². The average molecular weight is 263 g/mol. The van der Waals surface area contributed by atoms with Crippen LogP contribution in [-0.2, 0) is 25.7 Å². The number of nitrogens with one attached hydrogen (secondary N) is 1. The van der Waals surface area contributed by atoms with Crippen LogP contribution < -0.4 is 5.32 Å². The zero-order chi connectivity index (χ0) is 13.4. The van der Waals surface area contributed by atoms with Crippen LogP contribution in [0.5, 0.6) is 0 Å². The number of aryl methyl sites for hydroxylation is 2. The van der Waals surface area contributed by atoms with E-state index < -0.39 is 0 Å². The summed E-state index contributed by atoms with van der Waals surface area (Å²) in [5.41, 5.74) is 7.67. The third-order valence-electron chi connectivity index (χ3n) is 4.82. The Balaban J connectivity index is 1.61. The molecule has 1 atom stereocenters. The fourth-order valence-corrected chi connectivity index (χ4v) is 3.76. The highest BCUT2D eigenvalue weighted by Crippen LogP contribution is 2.28. The Morgan fingerprint density at radius 2 is 1.80 bits per heavy atom. The maximum Gasteiger partial charge on any atom is 0.0363 e. The highest BCUT2D eigenvalue weighted by atomic mass is 14.9. The Hall–Kier alpha value is -1.60. The molecule has 1 unspecified atom stereocenters. The van der Waals surface area contributed by atoms with Gasteiger partial charge in [0.25, 0.3) is 0 Å². The third kappa shape index (κ3) is 2.16. The van der Waals surface area contributed by atoms with Crippen LogP contribution in [0.2, 0.25) is 0 Å². The second-order valence-corrected chi connectivity index (χ2v) is 6.12. The van der Waals surface area contributed by atoms with E-state index in [1.54, 1.807) is 11.1 Å². The fourth-order valence-electron chi connectivity index (χ4n) is 3.76. The SMILES string of the molecule is c1ccc2c(c1)CCNC2Cc1ccc2c(c1)CCC2. The molecule has 1 N–H and O–H groups in total. The van der Waals surface area contributed by atoms with Gasteiger partial charge in [0.05, 0.1) is 0 Å². The summed E-state index contributed by atoms with van der Waals surface area (Å²) < 4.78 is 0. The van der Waals surface area contributed by atoms with Crippen molar-refractivity contribution in [3.8, 4) is 0 Å². The first-order valence-electron chi connectivity index (χ1n) is 7.82. The third-order valence-corrected chi connectivity index (χ3v) is 4.82. The molecule has 0 saturated carbocycles. The van der Waals surface area contributed by atoms with Crippen molar-refractivity contribution in [3.05, 3.63) is 70.3 Å². The van der Waals surface area contributed by atoms with Crippen LogP contribution in [0.3, 0.4) is 0 Å². The van der Waals surface area contributed by atoms with Crippen molar-refractivity contribution in [3.63, 3.8) is 0 Å². The molecular weight excluding hydrogens is 242 g/mol. The van der Waals surface area contributed by atoms with E-state index in [4.69, 9.17) is 0 Å². The lowest BCUT2D eigenvalue weighted by Gasteiger charge is -2.27. The van der Waals surface area contributed by atoms with Crippen molar-refractivity contribution >= 4 is 0 Å². The van der Waals surface area contributed by atoms with Crippen molar-refractivity contribution in [1.82, 2.24) is 5.32 Å². The summed E-state index contributed by atoms with van der Waals surface area (Å²) in [4.78, 5) is 0. The van der Waals surface area contributed by atoms with Crippen LogP contribution in [0.15, 0.2) is 42.5 Å². The minimum absolute atomic E-state index is 0.486. The highest BCUT2D eigenvalue weighted by molar-refractivity contribution is 5.38. The Morgan fingerprint density at radius 3 is 2.80 bits per heavy atom. The molecule has 0 bridgehead atoms. The minimum Gasteiger partial charge on any atom is -0.309 e. The summed E-state index contributed by atoms with van der Waals surface area (Å²) in [6, 6.07) is 16.5. The van der Waals surface area contributed by atoms with E-state index in [0.717, 1.165) is 19.4 Å². The quantitative estimate of drug-likeness (QED) is 0.873. The van der Waals surface area contributed by atoms with Crippen molar-refractivity contribution in [2.24, 2.45) is 0 Å². The van der Waals surface area contributed by atoms with Crippen LogP contribution in [-0.4, -0.2) is 6.54 Å². The second-order valence-electron chi connectivity index (χ2n) is 6.12. The number of hydrogen-bond acceptors (Lipinski definition) is 1. The summed E-state index contributed by atoms with van der Waals surface area (Å²) in [5.74, 6) is 0. The smallest absolute Gasteiger partial charge is 0.0363 e. The first-order chi connectivity index (χ1) is 9.90. The number of rotatable bonds is 2. The lowest BCUT2D eigenvalue weighted by Crippen LogP contribution is -2.31. The van der Waals surface area contributed by atoms with Crippen molar-refractivity contribution in [1.29, 1.82) is 0 Å². The molecule has 2 aliphatic rings. The summed E-state index contributed by atoms with van der Waals surface area (Å²) in [7, 11) is 0. The van der Waals surface area contributed by atoms with Gasteiger partial charge in [-0.3, -0.25) is 0 Å². The van der Waals surface area contributed by atoms with Gasteiger partial charge in [0.15, 0.2) is 0 Å². The van der Waals surface area contributed by atoms with Gasteiger partial charge in [0.1, 0.15) is 0 Å². The van der Waals surface area contributed by atoms with Crippen molar-refractivity contribution in [2.45, 2.75) is 38.1 Å². The molecule has 1 heterocycles. The maximum atomic E-state index is 3.69. The van der Waals surface area contributed by atoms with Crippen LogP contribution in [0.4, 0.5) is 0 Å². The van der Waals surface area contributed by atoms with Crippen molar-refractivity contribution < 1.29 is 0 Å². The zero-order valence-electron chi connectivity index (χ0n) is 11.9. The number of fused-ring (bicyclic) bond motifs is 2. The van der Waals surface area contributed by atoms with Crippen LogP contribution in [0, 0.1) is 0 Å². The van der Waals surface area contributed by atoms with Gasteiger partial charge in [-0.15, -0.1) is 0 Å². The monoisotopic (exact) mass is 263 g/mol. The molecular formula is C19H21N. The lowest BCUT2D eigenvalue weighted by atomic mass is 9.90. The van der Waals surface area contributed by atoms with Gasteiger partial charge < -0.3 is 5.32 Å². The minimum atomic E-state index is 0.486. The van der Waals surface area contributed by atoms with Gasteiger partial charge in [-0.25, -0.2) is 0 Å². The first kappa shape index (κ1) is 12.2. The average Bonchev–Trinajstić information content (AvgIpc) is 2.95. The van der Waals surface area contributed by atoms with Gasteiger partial charge in [-0.2, -0.15) is 0 Å². The van der Waals surface area contributed by atoms with Crippen LogP contribution in [0.25, 0.3) is 0 Å². The standard InChI is InChI=1S/C19H21N/c1-2-7-18-16(4-1)10-11-20-19(18)13-14-8-9-15-5-3-6-17(15)12-14/h1-2,4,7-9,12,19-20H,3,5-6,10-11,13H2. The van der Waals surface area contributed by atoms with E-state index in [-0.39, 0.29) is 0 Å². The van der Waals surface area contributed by atoms with Gasteiger partial charge in [-0.1, -0.05) is 42.5 Å². The van der Waals surface area contributed by atoms with Crippen molar-refractivity contribution in [2.75, 3.05) is 6.54 Å². The van der Waals surface area contributed by atoms with Gasteiger partial charge in [-0.05, 0) is 66.5 Å². The van der Waals surface area contributed by atoms with E-state index in [1.165, 1.54) is 36.0 Å². The molecule has 1 aliphatic heterocycles. The molecule has 1 heteroatoms. The molecule has 0 aromatic heterocycles. The molecule has 1 nitrogen and oxygen atoms in total. The van der Waals surface area contributed by atoms with E-state index in [9.17, 15) is 0 Å². The molecule has 20 heavy (non-hydrogen) atoms. The summed E-state index contributed by atoms with van der Waals surface area (Å²) in [6.07, 6.45) is 6.17. The molecule has 0 saturated heterocycles. The zero-order valence-corrected chi connectivity index (χ0v) is 11.9. The topological polar surface area (TPSA) is 12.0 Å². The second kappa shape index (κ2) is 5.06. The van der Waals surface area contributed by atoms with Gasteiger partial charge in [0, 0.05) is 6.04 Å². The van der Waals surface area contributed by atoms with Crippen LogP contribution >= 0.6 is 0 Å². The number of benzene rings is 2.